The standard InChI is InChI=1S/C29H27F2N7O2/c1-29(33)11-13-37(17-29)25-14-18(20-16-36(2)12-10-19(20)15-32)6-7-23(25)34-28(40)24-8-9-26(39)38(35-24)27-21(30)4-3-5-22(27)31/h3-10,12,14H,11,13,16-17,33H2,1-2H3,(H,34,40)/t29-/m0/s1. The predicted octanol–water partition coefficient (Wildman–Crippen LogP) is 3.43. The van der Waals surface area contributed by atoms with Crippen molar-refractivity contribution in [3.63, 3.8) is 0 Å². The van der Waals surface area contributed by atoms with Crippen molar-refractivity contribution in [2.75, 3.05) is 36.9 Å². The summed E-state index contributed by atoms with van der Waals surface area (Å²) in [7, 11) is 1.92. The fraction of sp³-hybridized carbons (Fsp3) is 0.241. The van der Waals surface area contributed by atoms with Gasteiger partial charge in [-0.05, 0) is 60.9 Å². The highest BCUT2D eigenvalue weighted by molar-refractivity contribution is 6.05. The summed E-state index contributed by atoms with van der Waals surface area (Å²) in [6.45, 7) is 3.69. The SMILES string of the molecule is CN1C=CC(C#N)=C(c2ccc(NC(=O)c3ccc(=O)n(-c4c(F)cccc4F)n3)c(N3CC[C@](C)(N)C3)c2)C1. The summed E-state index contributed by atoms with van der Waals surface area (Å²) in [5, 5.41) is 16.5. The topological polar surface area (TPSA) is 120 Å². The van der Waals surface area contributed by atoms with E-state index in [-0.39, 0.29) is 5.69 Å². The summed E-state index contributed by atoms with van der Waals surface area (Å²) in [6.07, 6.45) is 4.35. The van der Waals surface area contributed by atoms with E-state index in [1.165, 1.54) is 12.1 Å². The molecule has 0 radical (unpaired) electrons. The zero-order valence-corrected chi connectivity index (χ0v) is 22.0. The molecule has 204 valence electrons. The van der Waals surface area contributed by atoms with Gasteiger partial charge in [-0.3, -0.25) is 9.59 Å². The van der Waals surface area contributed by atoms with E-state index in [2.05, 4.69) is 21.4 Å². The van der Waals surface area contributed by atoms with Gasteiger partial charge in [-0.1, -0.05) is 12.1 Å². The molecule has 0 saturated carbocycles. The first-order valence-electron chi connectivity index (χ1n) is 12.6. The number of anilines is 2. The molecule has 1 saturated heterocycles. The van der Waals surface area contributed by atoms with Gasteiger partial charge >= 0.3 is 0 Å². The molecule has 1 atom stereocenters. The Hall–Kier alpha value is -4.82. The maximum absolute atomic E-state index is 14.4. The lowest BCUT2D eigenvalue weighted by atomic mass is 9.96. The van der Waals surface area contributed by atoms with Gasteiger partial charge in [-0.2, -0.15) is 15.0 Å². The number of hydrogen-bond donors (Lipinski definition) is 2. The minimum atomic E-state index is -0.988. The fourth-order valence-corrected chi connectivity index (χ4v) is 4.89. The monoisotopic (exact) mass is 543 g/mol. The van der Waals surface area contributed by atoms with E-state index in [1.807, 2.05) is 37.2 Å². The summed E-state index contributed by atoms with van der Waals surface area (Å²) in [4.78, 5) is 29.7. The van der Waals surface area contributed by atoms with Gasteiger partial charge in [0, 0.05) is 44.5 Å². The molecule has 2 aliphatic heterocycles. The molecule has 3 N–H and O–H groups in total. The first-order valence-corrected chi connectivity index (χ1v) is 12.6. The Labute approximate surface area is 229 Å². The molecule has 0 spiro atoms. The van der Waals surface area contributed by atoms with E-state index < -0.39 is 34.3 Å². The van der Waals surface area contributed by atoms with Gasteiger partial charge in [-0.15, -0.1) is 0 Å². The average Bonchev–Trinajstić information content (AvgIpc) is 3.29. The fourth-order valence-electron chi connectivity index (χ4n) is 4.89. The van der Waals surface area contributed by atoms with Crippen molar-refractivity contribution in [1.82, 2.24) is 14.7 Å². The van der Waals surface area contributed by atoms with Crippen molar-refractivity contribution >= 4 is 22.9 Å². The molecule has 0 unspecified atom stereocenters. The molecule has 0 bridgehead atoms. The van der Waals surface area contributed by atoms with Gasteiger partial charge in [0.25, 0.3) is 11.5 Å². The Kier molecular flexibility index (Phi) is 6.95. The van der Waals surface area contributed by atoms with E-state index >= 15 is 0 Å². The molecule has 1 aromatic heterocycles. The Morgan fingerprint density at radius 1 is 1.18 bits per heavy atom. The molecule has 1 amide bonds. The Balaban J connectivity index is 1.53. The van der Waals surface area contributed by atoms with Crippen LogP contribution in [0.15, 0.2) is 71.2 Å². The number of rotatable bonds is 5. The lowest BCUT2D eigenvalue weighted by Crippen LogP contribution is -2.39. The highest BCUT2D eigenvalue weighted by Crippen LogP contribution is 2.36. The molecule has 2 aromatic carbocycles. The molecule has 3 aromatic rings. The number of hydrogen-bond acceptors (Lipinski definition) is 7. The quantitative estimate of drug-likeness (QED) is 0.506. The van der Waals surface area contributed by atoms with Crippen molar-refractivity contribution in [3.8, 4) is 11.8 Å². The highest BCUT2D eigenvalue weighted by Gasteiger charge is 2.32. The number of nitrogens with two attached hydrogens (primary N) is 1. The van der Waals surface area contributed by atoms with Crippen LogP contribution in [0.4, 0.5) is 20.2 Å². The number of para-hydroxylation sites is 1. The van der Waals surface area contributed by atoms with Crippen molar-refractivity contribution in [3.05, 3.63) is 99.6 Å². The van der Waals surface area contributed by atoms with Gasteiger partial charge < -0.3 is 20.9 Å². The number of allylic oxidation sites excluding steroid dienone is 2. The third kappa shape index (κ3) is 5.21. The van der Waals surface area contributed by atoms with Crippen molar-refractivity contribution < 1.29 is 13.6 Å². The maximum Gasteiger partial charge on any atom is 0.276 e. The lowest BCUT2D eigenvalue weighted by Gasteiger charge is -2.27. The van der Waals surface area contributed by atoms with Crippen LogP contribution in [-0.2, 0) is 0 Å². The number of likely N-dealkylation sites (N-methyl/N-ethyl adjacent to an activating group) is 1. The number of carbonyl (C=O) groups excluding carboxylic acids is 1. The molecule has 11 heteroatoms. The van der Waals surface area contributed by atoms with Crippen LogP contribution >= 0.6 is 0 Å². The smallest absolute Gasteiger partial charge is 0.276 e. The molecular weight excluding hydrogens is 516 g/mol. The summed E-state index contributed by atoms with van der Waals surface area (Å²) >= 11 is 0. The summed E-state index contributed by atoms with van der Waals surface area (Å²) < 4.78 is 29.3. The molecule has 5 rings (SSSR count). The molecule has 40 heavy (non-hydrogen) atoms. The van der Waals surface area contributed by atoms with Gasteiger partial charge in [0.2, 0.25) is 0 Å². The summed E-state index contributed by atoms with van der Waals surface area (Å²) in [6, 6.07) is 13.1. The highest BCUT2D eigenvalue weighted by atomic mass is 19.1. The number of halogens is 2. The lowest BCUT2D eigenvalue weighted by molar-refractivity contribution is 0.102. The number of nitrogens with zero attached hydrogens (tertiary/aromatic N) is 5. The van der Waals surface area contributed by atoms with Crippen LogP contribution in [0, 0.1) is 23.0 Å². The zero-order valence-electron chi connectivity index (χ0n) is 22.0. The van der Waals surface area contributed by atoms with Crippen LogP contribution in [0.1, 0.15) is 29.4 Å². The van der Waals surface area contributed by atoms with Crippen LogP contribution in [-0.4, -0.2) is 52.8 Å². The number of aromatic nitrogens is 2. The Morgan fingerprint density at radius 3 is 2.60 bits per heavy atom. The number of nitriles is 1. The van der Waals surface area contributed by atoms with Crippen LogP contribution < -0.4 is 21.5 Å². The molecule has 0 aliphatic carbocycles. The molecule has 2 aliphatic rings. The number of amides is 1. The molecule has 9 nitrogen and oxygen atoms in total. The predicted molar refractivity (Wildman–Crippen MR) is 148 cm³/mol. The third-order valence-electron chi connectivity index (χ3n) is 6.97. The van der Waals surface area contributed by atoms with Gasteiger partial charge in [0.1, 0.15) is 11.4 Å². The Bertz CT molecular complexity index is 1650. The first-order chi connectivity index (χ1) is 19.1. The number of carbonyl (C=O) groups is 1. The van der Waals surface area contributed by atoms with Crippen LogP contribution in [0.5, 0.6) is 0 Å². The van der Waals surface area contributed by atoms with Gasteiger partial charge in [0.15, 0.2) is 11.6 Å². The van der Waals surface area contributed by atoms with E-state index in [9.17, 15) is 23.6 Å². The zero-order chi connectivity index (χ0) is 28.6. The van der Waals surface area contributed by atoms with Crippen LogP contribution in [0.25, 0.3) is 11.3 Å². The van der Waals surface area contributed by atoms with Gasteiger partial charge in [-0.25, -0.2) is 8.78 Å². The minimum Gasteiger partial charge on any atom is -0.376 e. The molecular formula is C29H27F2N7O2. The van der Waals surface area contributed by atoms with Gasteiger partial charge in [0.05, 0.1) is 23.0 Å². The van der Waals surface area contributed by atoms with Crippen LogP contribution in [0.3, 0.4) is 0 Å². The van der Waals surface area contributed by atoms with Crippen molar-refractivity contribution in [2.24, 2.45) is 5.73 Å². The van der Waals surface area contributed by atoms with Crippen molar-refractivity contribution in [2.45, 2.75) is 18.9 Å². The normalized spacial score (nSPS) is 18.7. The molecule has 1 fully saturated rings. The van der Waals surface area contributed by atoms with E-state index in [4.69, 9.17) is 5.73 Å². The second-order valence-corrected chi connectivity index (χ2v) is 10.3. The van der Waals surface area contributed by atoms with E-state index in [0.717, 1.165) is 35.8 Å². The summed E-state index contributed by atoms with van der Waals surface area (Å²) in [5.41, 5.74) is 7.69. The average molecular weight is 544 g/mol. The van der Waals surface area contributed by atoms with Crippen LogP contribution in [0.2, 0.25) is 0 Å². The summed E-state index contributed by atoms with van der Waals surface area (Å²) in [5.74, 6) is -2.65. The minimum absolute atomic E-state index is 0.212. The largest absolute Gasteiger partial charge is 0.376 e. The Morgan fingerprint density at radius 2 is 1.93 bits per heavy atom. The molecule has 3 heterocycles. The third-order valence-corrected chi connectivity index (χ3v) is 6.97. The van der Waals surface area contributed by atoms with Crippen molar-refractivity contribution in [1.29, 1.82) is 5.26 Å². The number of benzene rings is 2. The number of nitrogens with one attached hydrogen (secondary N) is 1. The first kappa shape index (κ1) is 26.8. The second kappa shape index (κ2) is 10.4. The maximum atomic E-state index is 14.4. The van der Waals surface area contributed by atoms with E-state index in [0.29, 0.717) is 41.3 Å². The van der Waals surface area contributed by atoms with E-state index in [1.54, 1.807) is 12.1 Å². The second-order valence-electron chi connectivity index (χ2n) is 10.3.